The van der Waals surface area contributed by atoms with E-state index >= 15 is 0 Å². The molecule has 1 fully saturated rings. The van der Waals surface area contributed by atoms with Gasteiger partial charge in [-0.05, 0) is 37.4 Å². The SMILES string of the molecule is CSC1(Cn2c(=S)[nH]c3cc(Cl)cnc32)CCCCC1. The predicted molar refractivity (Wildman–Crippen MR) is 89.3 cm³/mol. The topological polar surface area (TPSA) is 33.6 Å². The number of aromatic amines is 1. The smallest absolute Gasteiger partial charge is 0.179 e. The van der Waals surface area contributed by atoms with Gasteiger partial charge >= 0.3 is 0 Å². The van der Waals surface area contributed by atoms with E-state index in [0.717, 1.165) is 22.5 Å². The van der Waals surface area contributed by atoms with Crippen molar-refractivity contribution in [2.24, 2.45) is 0 Å². The lowest BCUT2D eigenvalue weighted by molar-refractivity contribution is 0.360. The second kappa shape index (κ2) is 5.70. The third-order valence-corrected chi connectivity index (χ3v) is 6.15. The minimum Gasteiger partial charge on any atom is -0.329 e. The first kappa shape index (κ1) is 14.4. The summed E-state index contributed by atoms with van der Waals surface area (Å²) in [6.45, 7) is 0.932. The number of H-pyrrole nitrogens is 1. The van der Waals surface area contributed by atoms with E-state index in [9.17, 15) is 0 Å². The molecule has 0 unspecified atom stereocenters. The van der Waals surface area contributed by atoms with Gasteiger partial charge in [0.15, 0.2) is 10.4 Å². The van der Waals surface area contributed by atoms with Gasteiger partial charge in [0.1, 0.15) is 0 Å². The number of fused-ring (bicyclic) bond motifs is 1. The Balaban J connectivity index is 2.01. The van der Waals surface area contributed by atoms with E-state index in [1.165, 1.54) is 32.1 Å². The first-order valence-corrected chi connectivity index (χ1v) is 8.94. The molecule has 1 N–H and O–H groups in total. The second-order valence-electron chi connectivity index (χ2n) is 5.49. The number of imidazole rings is 1. The van der Waals surface area contributed by atoms with Gasteiger partial charge in [-0.3, -0.25) is 0 Å². The number of nitrogens with zero attached hydrogens (tertiary/aromatic N) is 2. The summed E-state index contributed by atoms with van der Waals surface area (Å²) in [4.78, 5) is 7.68. The van der Waals surface area contributed by atoms with Gasteiger partial charge in [0.2, 0.25) is 0 Å². The Morgan fingerprint density at radius 1 is 1.45 bits per heavy atom. The maximum atomic E-state index is 6.00. The summed E-state index contributed by atoms with van der Waals surface area (Å²) in [6.07, 6.45) is 10.4. The summed E-state index contributed by atoms with van der Waals surface area (Å²) in [5.74, 6) is 0. The van der Waals surface area contributed by atoms with E-state index in [1.54, 1.807) is 6.20 Å². The molecule has 1 aliphatic carbocycles. The Morgan fingerprint density at radius 2 is 2.20 bits per heavy atom. The van der Waals surface area contributed by atoms with Crippen LogP contribution in [0.4, 0.5) is 0 Å². The van der Waals surface area contributed by atoms with Gasteiger partial charge in [-0.1, -0.05) is 30.9 Å². The Kier molecular flexibility index (Phi) is 4.11. The summed E-state index contributed by atoms with van der Waals surface area (Å²) in [5.41, 5.74) is 1.84. The van der Waals surface area contributed by atoms with Gasteiger partial charge in [-0.2, -0.15) is 11.8 Å². The number of pyridine rings is 1. The van der Waals surface area contributed by atoms with E-state index < -0.39 is 0 Å². The van der Waals surface area contributed by atoms with Crippen molar-refractivity contribution >= 4 is 46.7 Å². The van der Waals surface area contributed by atoms with E-state index in [0.29, 0.717) is 9.77 Å². The molecule has 0 aliphatic heterocycles. The van der Waals surface area contributed by atoms with Crippen molar-refractivity contribution in [3.63, 3.8) is 0 Å². The van der Waals surface area contributed by atoms with Gasteiger partial charge in [-0.25, -0.2) is 4.98 Å². The van der Waals surface area contributed by atoms with Gasteiger partial charge in [-0.15, -0.1) is 0 Å². The van der Waals surface area contributed by atoms with Crippen LogP contribution < -0.4 is 0 Å². The van der Waals surface area contributed by atoms with E-state index in [2.05, 4.69) is 20.8 Å². The van der Waals surface area contributed by atoms with Crippen molar-refractivity contribution in [2.75, 3.05) is 6.26 Å². The lowest BCUT2D eigenvalue weighted by atomic mass is 9.88. The third-order valence-electron chi connectivity index (χ3n) is 4.22. The minimum atomic E-state index is 0.299. The summed E-state index contributed by atoms with van der Waals surface area (Å²) < 4.78 is 3.18. The molecule has 108 valence electrons. The monoisotopic (exact) mass is 327 g/mol. The van der Waals surface area contributed by atoms with Crippen LogP contribution in [0.2, 0.25) is 5.02 Å². The Bertz CT molecular complexity index is 671. The number of rotatable bonds is 3. The van der Waals surface area contributed by atoms with Crippen LogP contribution in [-0.2, 0) is 6.54 Å². The molecule has 1 aliphatic rings. The quantitative estimate of drug-likeness (QED) is 0.821. The number of thioether (sulfide) groups is 1. The standard InChI is InChI=1S/C14H18ClN3S2/c1-20-14(5-3-2-4-6-14)9-18-12-11(17-13(18)19)7-10(15)8-16-12/h7-8H,2-6,9H2,1H3,(H,17,19). The Morgan fingerprint density at radius 3 is 2.90 bits per heavy atom. The fourth-order valence-corrected chi connectivity index (χ4v) is 4.45. The molecule has 0 spiro atoms. The van der Waals surface area contributed by atoms with Crippen LogP contribution in [0.3, 0.4) is 0 Å². The zero-order valence-corrected chi connectivity index (χ0v) is 13.9. The maximum absolute atomic E-state index is 6.00. The van der Waals surface area contributed by atoms with Crippen molar-refractivity contribution < 1.29 is 0 Å². The fourth-order valence-electron chi connectivity index (χ4n) is 3.08. The van der Waals surface area contributed by atoms with Gasteiger partial charge < -0.3 is 9.55 Å². The molecule has 3 nitrogen and oxygen atoms in total. The van der Waals surface area contributed by atoms with Crippen molar-refractivity contribution in [3.8, 4) is 0 Å². The van der Waals surface area contributed by atoms with Crippen molar-refractivity contribution in [2.45, 2.75) is 43.4 Å². The third kappa shape index (κ3) is 2.63. The van der Waals surface area contributed by atoms with Crippen molar-refractivity contribution in [1.29, 1.82) is 0 Å². The molecule has 20 heavy (non-hydrogen) atoms. The predicted octanol–water partition coefficient (Wildman–Crippen LogP) is 4.81. The minimum absolute atomic E-state index is 0.299. The summed E-state index contributed by atoms with van der Waals surface area (Å²) in [6, 6.07) is 1.89. The highest BCUT2D eigenvalue weighted by Crippen LogP contribution is 2.40. The molecule has 0 amide bonds. The van der Waals surface area contributed by atoms with Crippen LogP contribution in [0.5, 0.6) is 0 Å². The van der Waals surface area contributed by atoms with Crippen LogP contribution >= 0.6 is 35.6 Å². The van der Waals surface area contributed by atoms with Crippen LogP contribution in [0.15, 0.2) is 12.3 Å². The molecule has 3 rings (SSSR count). The van der Waals surface area contributed by atoms with Crippen molar-refractivity contribution in [3.05, 3.63) is 22.1 Å². The maximum Gasteiger partial charge on any atom is 0.179 e. The summed E-state index contributed by atoms with van der Waals surface area (Å²) in [5, 5.41) is 0.637. The van der Waals surface area contributed by atoms with Crippen LogP contribution in [-0.4, -0.2) is 25.5 Å². The lowest BCUT2D eigenvalue weighted by Gasteiger charge is -2.36. The molecule has 1 saturated carbocycles. The number of aromatic nitrogens is 3. The molecule has 0 saturated heterocycles. The highest BCUT2D eigenvalue weighted by Gasteiger charge is 2.32. The summed E-state index contributed by atoms with van der Waals surface area (Å²) in [7, 11) is 0. The van der Waals surface area contributed by atoms with E-state index in [1.807, 2.05) is 17.8 Å². The van der Waals surface area contributed by atoms with Gasteiger partial charge in [0.05, 0.1) is 10.5 Å². The molecular weight excluding hydrogens is 310 g/mol. The molecule has 0 aromatic carbocycles. The largest absolute Gasteiger partial charge is 0.329 e. The van der Waals surface area contributed by atoms with Crippen LogP contribution in [0, 0.1) is 4.77 Å². The first-order chi connectivity index (χ1) is 9.63. The average molecular weight is 328 g/mol. The zero-order valence-electron chi connectivity index (χ0n) is 11.5. The fraction of sp³-hybridized carbons (Fsp3) is 0.571. The molecule has 0 radical (unpaired) electrons. The zero-order chi connectivity index (χ0) is 14.2. The molecule has 0 bridgehead atoms. The van der Waals surface area contributed by atoms with E-state index in [4.69, 9.17) is 23.8 Å². The van der Waals surface area contributed by atoms with Crippen LogP contribution in [0.1, 0.15) is 32.1 Å². The van der Waals surface area contributed by atoms with Gasteiger partial charge in [0.25, 0.3) is 0 Å². The number of hydrogen-bond acceptors (Lipinski definition) is 3. The average Bonchev–Trinajstić information content (AvgIpc) is 2.75. The Hall–Kier alpha value is -0.520. The molecule has 2 aromatic heterocycles. The molecule has 2 aromatic rings. The highest BCUT2D eigenvalue weighted by molar-refractivity contribution is 8.00. The number of halogens is 1. The van der Waals surface area contributed by atoms with E-state index in [-0.39, 0.29) is 0 Å². The number of hydrogen-bond donors (Lipinski definition) is 1. The molecule has 6 heteroatoms. The van der Waals surface area contributed by atoms with Gasteiger partial charge in [0, 0.05) is 17.5 Å². The molecular formula is C14H18ClN3S2. The van der Waals surface area contributed by atoms with Crippen LogP contribution in [0.25, 0.3) is 11.2 Å². The molecule has 0 atom stereocenters. The van der Waals surface area contributed by atoms with Crippen molar-refractivity contribution in [1.82, 2.24) is 14.5 Å². The lowest BCUT2D eigenvalue weighted by Crippen LogP contribution is -2.33. The normalized spacial score (nSPS) is 18.5. The summed E-state index contributed by atoms with van der Waals surface area (Å²) >= 11 is 13.5. The second-order valence-corrected chi connectivity index (χ2v) is 7.59. The number of nitrogens with one attached hydrogen (secondary N) is 1. The highest BCUT2D eigenvalue weighted by atomic mass is 35.5. The molecule has 2 heterocycles. The first-order valence-electron chi connectivity index (χ1n) is 6.93. The Labute approximate surface area is 133 Å².